The van der Waals surface area contributed by atoms with Crippen LogP contribution < -0.4 is 11.1 Å². The maximum atomic E-state index is 13.1. The standard InChI is InChI=1S/C29H35N5O6S/c1-19-25(28(39)32-17-14-23(35)36)41-29(34(19)18-15-20-7-4-3-5-8-20)33-27(38)22-12-10-21(11-13-22)26(30)31-16-6-9-24(37)40-2/h3-5,7-8,10-13,19,25H,6,9,14-18H2,1-2H3,(H2,30,31)(H,32,39)(H,35,36). The molecule has 0 saturated carbocycles. The van der Waals surface area contributed by atoms with Crippen molar-refractivity contribution < 1.29 is 29.0 Å². The second-order valence-electron chi connectivity index (χ2n) is 9.37. The molecule has 2 aromatic rings. The van der Waals surface area contributed by atoms with Crippen molar-refractivity contribution in [3.8, 4) is 0 Å². The van der Waals surface area contributed by atoms with Gasteiger partial charge in [0.2, 0.25) is 5.91 Å². The molecule has 218 valence electrons. The number of nitrogens with one attached hydrogen (secondary N) is 1. The largest absolute Gasteiger partial charge is 0.481 e. The number of esters is 1. The van der Waals surface area contributed by atoms with Crippen LogP contribution in [0.2, 0.25) is 0 Å². The van der Waals surface area contributed by atoms with Crippen molar-refractivity contribution in [2.75, 3.05) is 26.7 Å². The summed E-state index contributed by atoms with van der Waals surface area (Å²) in [7, 11) is 1.34. The van der Waals surface area contributed by atoms with Gasteiger partial charge < -0.3 is 25.8 Å². The summed E-state index contributed by atoms with van der Waals surface area (Å²) in [5.41, 5.74) is 8.16. The zero-order valence-electron chi connectivity index (χ0n) is 23.1. The number of benzene rings is 2. The van der Waals surface area contributed by atoms with Gasteiger partial charge in [-0.3, -0.25) is 24.2 Å². The molecule has 1 aliphatic rings. The van der Waals surface area contributed by atoms with E-state index < -0.39 is 17.1 Å². The predicted octanol–water partition coefficient (Wildman–Crippen LogP) is 2.48. The van der Waals surface area contributed by atoms with E-state index in [2.05, 4.69) is 20.0 Å². The number of hydrogen-bond acceptors (Lipinski definition) is 7. The van der Waals surface area contributed by atoms with E-state index in [9.17, 15) is 19.2 Å². The highest BCUT2D eigenvalue weighted by Crippen LogP contribution is 2.32. The minimum atomic E-state index is -0.993. The summed E-state index contributed by atoms with van der Waals surface area (Å²) in [6, 6.07) is 16.2. The number of carboxylic acids is 1. The predicted molar refractivity (Wildman–Crippen MR) is 158 cm³/mol. The summed E-state index contributed by atoms with van der Waals surface area (Å²) in [6.07, 6.45) is 1.29. The average molecular weight is 582 g/mol. The molecule has 0 radical (unpaired) electrons. The van der Waals surface area contributed by atoms with Crippen LogP contribution in [0.5, 0.6) is 0 Å². The topological polar surface area (TPSA) is 164 Å². The van der Waals surface area contributed by atoms with Crippen molar-refractivity contribution in [2.45, 2.75) is 43.9 Å². The monoisotopic (exact) mass is 581 g/mol. The van der Waals surface area contributed by atoms with Crippen LogP contribution in [0.1, 0.15) is 47.7 Å². The number of amidine groups is 2. The van der Waals surface area contributed by atoms with E-state index in [0.29, 0.717) is 48.1 Å². The first-order valence-corrected chi connectivity index (χ1v) is 14.1. The van der Waals surface area contributed by atoms with E-state index in [1.54, 1.807) is 24.3 Å². The zero-order valence-corrected chi connectivity index (χ0v) is 23.9. The van der Waals surface area contributed by atoms with E-state index in [-0.39, 0.29) is 37.3 Å². The molecular formula is C29H35N5O6S. The van der Waals surface area contributed by atoms with Gasteiger partial charge in [0.15, 0.2) is 5.17 Å². The van der Waals surface area contributed by atoms with Crippen molar-refractivity contribution in [3.63, 3.8) is 0 Å². The molecule has 3 rings (SSSR count). The molecule has 11 nitrogen and oxygen atoms in total. The fourth-order valence-corrected chi connectivity index (χ4v) is 5.41. The first-order chi connectivity index (χ1) is 19.7. The summed E-state index contributed by atoms with van der Waals surface area (Å²) in [4.78, 5) is 58.7. The molecule has 1 heterocycles. The number of aliphatic imine (C=N–C) groups is 2. The van der Waals surface area contributed by atoms with Gasteiger partial charge in [-0.15, -0.1) is 0 Å². The van der Waals surface area contributed by atoms with Crippen LogP contribution in [0.4, 0.5) is 0 Å². The van der Waals surface area contributed by atoms with Crippen molar-refractivity contribution in [1.29, 1.82) is 0 Å². The molecule has 4 N–H and O–H groups in total. The first kappa shape index (κ1) is 31.3. The van der Waals surface area contributed by atoms with Crippen molar-refractivity contribution in [1.82, 2.24) is 10.2 Å². The lowest BCUT2D eigenvalue weighted by Gasteiger charge is -2.25. The summed E-state index contributed by atoms with van der Waals surface area (Å²) in [5, 5.41) is 11.4. The Labute approximate surface area is 243 Å². The molecular weight excluding hydrogens is 546 g/mol. The quantitative estimate of drug-likeness (QED) is 0.140. The van der Waals surface area contributed by atoms with E-state index >= 15 is 0 Å². The van der Waals surface area contributed by atoms with Crippen LogP contribution in [0.25, 0.3) is 0 Å². The maximum absolute atomic E-state index is 13.1. The third kappa shape index (κ3) is 9.45. The molecule has 2 unspecified atom stereocenters. The SMILES string of the molecule is COC(=O)CCCN=C(N)c1ccc(C(=O)N=C2SC(C(=O)NCCC(=O)O)C(C)N2CCc2ccccc2)cc1. The fraction of sp³-hybridized carbons (Fsp3) is 0.379. The number of methoxy groups -OCH3 is 1. The van der Waals surface area contributed by atoms with Crippen molar-refractivity contribution >= 4 is 46.5 Å². The number of nitrogens with two attached hydrogens (primary N) is 1. The van der Waals surface area contributed by atoms with Crippen LogP contribution in [0.3, 0.4) is 0 Å². The highest BCUT2D eigenvalue weighted by Gasteiger charge is 2.40. The Morgan fingerprint density at radius 2 is 1.73 bits per heavy atom. The number of hydrogen-bond donors (Lipinski definition) is 3. The zero-order chi connectivity index (χ0) is 29.8. The van der Waals surface area contributed by atoms with Crippen LogP contribution in [0, 0.1) is 0 Å². The van der Waals surface area contributed by atoms with Crippen molar-refractivity contribution in [3.05, 3.63) is 71.3 Å². The minimum Gasteiger partial charge on any atom is -0.481 e. The highest BCUT2D eigenvalue weighted by molar-refractivity contribution is 8.15. The minimum absolute atomic E-state index is 0.0252. The number of carbonyl (C=O) groups is 4. The van der Waals surface area contributed by atoms with Gasteiger partial charge in [-0.1, -0.05) is 54.2 Å². The van der Waals surface area contributed by atoms with Crippen LogP contribution in [-0.2, 0) is 25.5 Å². The van der Waals surface area contributed by atoms with E-state index in [1.165, 1.54) is 18.9 Å². The highest BCUT2D eigenvalue weighted by atomic mass is 32.2. The normalized spacial score (nSPS) is 17.9. The van der Waals surface area contributed by atoms with Gasteiger partial charge in [-0.05, 0) is 37.5 Å². The van der Waals surface area contributed by atoms with Gasteiger partial charge in [-0.2, -0.15) is 4.99 Å². The van der Waals surface area contributed by atoms with E-state index in [4.69, 9.17) is 10.8 Å². The van der Waals surface area contributed by atoms with Gasteiger partial charge in [0.25, 0.3) is 5.91 Å². The number of carbonyl (C=O) groups excluding carboxylic acids is 3. The Hall–Kier alpha value is -4.19. The molecule has 12 heteroatoms. The second kappa shape index (κ2) is 15.6. The summed E-state index contributed by atoms with van der Waals surface area (Å²) in [6.45, 7) is 2.84. The lowest BCUT2D eigenvalue weighted by Crippen LogP contribution is -2.43. The molecule has 1 fully saturated rings. The molecule has 0 bridgehead atoms. The Kier molecular flexibility index (Phi) is 11.9. The first-order valence-electron chi connectivity index (χ1n) is 13.3. The number of aliphatic carboxylic acids is 1. The molecule has 2 aromatic carbocycles. The summed E-state index contributed by atoms with van der Waals surface area (Å²) >= 11 is 1.20. The third-order valence-electron chi connectivity index (χ3n) is 6.46. The van der Waals surface area contributed by atoms with Crippen molar-refractivity contribution in [2.24, 2.45) is 15.7 Å². The third-order valence-corrected chi connectivity index (χ3v) is 7.86. The lowest BCUT2D eigenvalue weighted by atomic mass is 10.1. The number of carboxylic acid groups (broad SMARTS) is 1. The average Bonchev–Trinajstić information content (AvgIpc) is 3.28. The van der Waals surface area contributed by atoms with Crippen LogP contribution in [-0.4, -0.2) is 82.8 Å². The maximum Gasteiger partial charge on any atom is 0.305 e. The molecule has 41 heavy (non-hydrogen) atoms. The Bertz CT molecular complexity index is 1280. The summed E-state index contributed by atoms with van der Waals surface area (Å²) < 4.78 is 4.61. The number of nitrogens with zero attached hydrogens (tertiary/aromatic N) is 3. The number of rotatable bonds is 13. The number of thioether (sulfide) groups is 1. The molecule has 1 saturated heterocycles. The number of ether oxygens (including phenoxy) is 1. The van der Waals surface area contributed by atoms with Gasteiger partial charge in [0, 0.05) is 43.2 Å². The molecule has 0 aromatic heterocycles. The van der Waals surface area contributed by atoms with Gasteiger partial charge in [0.05, 0.1) is 13.5 Å². The van der Waals surface area contributed by atoms with E-state index in [1.807, 2.05) is 42.2 Å². The van der Waals surface area contributed by atoms with Gasteiger partial charge in [0.1, 0.15) is 11.1 Å². The van der Waals surface area contributed by atoms with Gasteiger partial charge >= 0.3 is 11.9 Å². The van der Waals surface area contributed by atoms with Crippen LogP contribution in [0.15, 0.2) is 64.6 Å². The smallest absolute Gasteiger partial charge is 0.305 e. The Balaban J connectivity index is 1.72. The fourth-order valence-electron chi connectivity index (χ4n) is 4.12. The molecule has 0 spiro atoms. The summed E-state index contributed by atoms with van der Waals surface area (Å²) in [5.74, 6) is -1.76. The molecule has 1 aliphatic heterocycles. The second-order valence-corrected chi connectivity index (χ2v) is 10.5. The van der Waals surface area contributed by atoms with E-state index in [0.717, 1.165) is 5.56 Å². The molecule has 2 atom stereocenters. The van der Waals surface area contributed by atoms with Gasteiger partial charge in [-0.25, -0.2) is 0 Å². The van der Waals surface area contributed by atoms with Crippen LogP contribution >= 0.6 is 11.8 Å². The molecule has 2 amide bonds. The lowest BCUT2D eigenvalue weighted by molar-refractivity contribution is -0.140. The Morgan fingerprint density at radius 3 is 2.39 bits per heavy atom. The number of amides is 2. The Morgan fingerprint density at radius 1 is 1.05 bits per heavy atom. The molecule has 0 aliphatic carbocycles.